The lowest BCUT2D eigenvalue weighted by molar-refractivity contribution is -0.187. The molecule has 0 saturated carbocycles. The average Bonchev–Trinajstić information content (AvgIpc) is 2.52. The molecule has 0 N–H and O–H groups in total. The molecule has 0 bridgehead atoms. The summed E-state index contributed by atoms with van der Waals surface area (Å²) in [6.07, 6.45) is -8.14. The third-order valence-electron chi connectivity index (χ3n) is 4.04. The number of halogens is 7. The zero-order valence-corrected chi connectivity index (χ0v) is 16.0. The Bertz CT molecular complexity index is 620. The molecule has 10 heteroatoms. The molecule has 0 spiro atoms. The Morgan fingerprint density at radius 1 is 1.19 bits per heavy atom. The van der Waals surface area contributed by atoms with Crippen molar-refractivity contribution in [1.29, 1.82) is 0 Å². The van der Waals surface area contributed by atoms with Gasteiger partial charge in [0.1, 0.15) is 0 Å². The molecule has 0 radical (unpaired) electrons. The third kappa shape index (κ3) is 6.07. The normalized spacial score (nSPS) is 19.5. The number of ether oxygens (including phenoxy) is 2. The summed E-state index contributed by atoms with van der Waals surface area (Å²) in [6, 6.07) is 3.11. The number of nitrogens with zero attached hydrogens (tertiary/aromatic N) is 1. The quantitative estimate of drug-likeness (QED) is 0.422. The molecule has 148 valence electrons. The summed E-state index contributed by atoms with van der Waals surface area (Å²) >= 11 is 1.83. The maximum absolute atomic E-state index is 12.9. The molecule has 26 heavy (non-hydrogen) atoms. The van der Waals surface area contributed by atoms with Crippen LogP contribution in [0.3, 0.4) is 0 Å². The van der Waals surface area contributed by atoms with Crippen LogP contribution in [0, 0.1) is 9.49 Å². The van der Waals surface area contributed by atoms with Crippen LogP contribution in [0.5, 0.6) is 11.5 Å². The van der Waals surface area contributed by atoms with E-state index in [1.54, 1.807) is 11.0 Å². The predicted molar refractivity (Wildman–Crippen MR) is 91.3 cm³/mol. The van der Waals surface area contributed by atoms with E-state index in [1.165, 1.54) is 13.2 Å². The minimum Gasteiger partial charge on any atom is -0.493 e. The van der Waals surface area contributed by atoms with Gasteiger partial charge in [0.2, 0.25) is 0 Å². The van der Waals surface area contributed by atoms with E-state index in [0.717, 1.165) is 0 Å². The van der Waals surface area contributed by atoms with E-state index in [0.29, 0.717) is 22.1 Å². The highest BCUT2D eigenvalue weighted by atomic mass is 127. The standard InChI is InChI=1S/C16H18F6INO2/c1-25-13-6-10(5-12(23)14(13)26-9-15(17,18)19)7-24-4-2-3-11(8-24)16(20,21)22/h5-6,11H,2-4,7-9H2,1H3. The fourth-order valence-electron chi connectivity index (χ4n) is 2.88. The predicted octanol–water partition coefficient (Wildman–Crippen LogP) is 5.02. The number of alkyl halides is 6. The van der Waals surface area contributed by atoms with E-state index in [9.17, 15) is 26.3 Å². The van der Waals surface area contributed by atoms with Gasteiger partial charge in [0.15, 0.2) is 18.1 Å². The Morgan fingerprint density at radius 2 is 1.88 bits per heavy atom. The summed E-state index contributed by atoms with van der Waals surface area (Å²) < 4.78 is 86.2. The van der Waals surface area contributed by atoms with Crippen molar-refractivity contribution in [2.45, 2.75) is 31.7 Å². The maximum atomic E-state index is 12.9. The van der Waals surface area contributed by atoms with Crippen LogP contribution < -0.4 is 9.47 Å². The van der Waals surface area contributed by atoms with Crippen molar-refractivity contribution in [2.24, 2.45) is 5.92 Å². The summed E-state index contributed by atoms with van der Waals surface area (Å²) in [6.45, 7) is -0.733. The maximum Gasteiger partial charge on any atom is 0.422 e. The van der Waals surface area contributed by atoms with Gasteiger partial charge in [-0.3, -0.25) is 4.90 Å². The SMILES string of the molecule is COc1cc(CN2CCCC(C(F)(F)F)C2)cc(I)c1OCC(F)(F)F. The molecule has 2 rings (SSSR count). The highest BCUT2D eigenvalue weighted by Crippen LogP contribution is 2.37. The smallest absolute Gasteiger partial charge is 0.422 e. The largest absolute Gasteiger partial charge is 0.493 e. The molecule has 0 aliphatic carbocycles. The highest BCUT2D eigenvalue weighted by molar-refractivity contribution is 14.1. The molecule has 1 aliphatic heterocycles. The molecule has 1 unspecified atom stereocenters. The first-order valence-corrected chi connectivity index (χ1v) is 8.92. The van der Waals surface area contributed by atoms with Crippen LogP contribution in [0.15, 0.2) is 12.1 Å². The Morgan fingerprint density at radius 3 is 2.46 bits per heavy atom. The van der Waals surface area contributed by atoms with Crippen LogP contribution in [-0.4, -0.2) is 44.1 Å². The number of methoxy groups -OCH3 is 1. The van der Waals surface area contributed by atoms with E-state index in [-0.39, 0.29) is 31.0 Å². The van der Waals surface area contributed by atoms with E-state index in [4.69, 9.17) is 9.47 Å². The Balaban J connectivity index is 2.12. The minimum atomic E-state index is -4.48. The number of hydrogen-bond donors (Lipinski definition) is 0. The lowest BCUT2D eigenvalue weighted by Crippen LogP contribution is -2.41. The van der Waals surface area contributed by atoms with Crippen molar-refractivity contribution in [2.75, 3.05) is 26.8 Å². The number of piperidine rings is 1. The lowest BCUT2D eigenvalue weighted by atomic mass is 9.97. The summed E-state index contributed by atoms with van der Waals surface area (Å²) in [4.78, 5) is 1.70. The first-order valence-electron chi connectivity index (χ1n) is 7.84. The first kappa shape index (κ1) is 21.4. The van der Waals surface area contributed by atoms with E-state index in [2.05, 4.69) is 0 Å². The summed E-state index contributed by atoms with van der Waals surface area (Å²) in [5, 5.41) is 0. The molecule has 1 aromatic rings. The van der Waals surface area contributed by atoms with Crippen LogP contribution in [0.4, 0.5) is 26.3 Å². The lowest BCUT2D eigenvalue weighted by Gasteiger charge is -2.33. The Labute approximate surface area is 160 Å². The van der Waals surface area contributed by atoms with Gasteiger partial charge in [0.25, 0.3) is 0 Å². The molecule has 1 saturated heterocycles. The molecule has 0 amide bonds. The number of hydrogen-bond acceptors (Lipinski definition) is 3. The van der Waals surface area contributed by atoms with Crippen molar-refractivity contribution in [3.63, 3.8) is 0 Å². The van der Waals surface area contributed by atoms with E-state index >= 15 is 0 Å². The Kier molecular flexibility index (Phi) is 6.92. The van der Waals surface area contributed by atoms with Gasteiger partial charge >= 0.3 is 12.4 Å². The van der Waals surface area contributed by atoms with Crippen LogP contribution in [0.25, 0.3) is 0 Å². The number of benzene rings is 1. The van der Waals surface area contributed by atoms with E-state index in [1.807, 2.05) is 22.6 Å². The van der Waals surface area contributed by atoms with Gasteiger partial charge in [0, 0.05) is 13.1 Å². The van der Waals surface area contributed by atoms with Gasteiger partial charge < -0.3 is 9.47 Å². The fourth-order valence-corrected chi connectivity index (χ4v) is 3.70. The summed E-state index contributed by atoms with van der Waals surface area (Å²) in [5.74, 6) is -1.26. The average molecular weight is 497 g/mol. The van der Waals surface area contributed by atoms with Crippen LogP contribution in [-0.2, 0) is 6.54 Å². The summed E-state index contributed by atoms with van der Waals surface area (Å²) in [5.41, 5.74) is 0.661. The van der Waals surface area contributed by atoms with E-state index < -0.39 is 24.9 Å². The molecule has 3 nitrogen and oxygen atoms in total. The van der Waals surface area contributed by atoms with Crippen LogP contribution in [0.2, 0.25) is 0 Å². The zero-order chi connectivity index (χ0) is 19.5. The van der Waals surface area contributed by atoms with Gasteiger partial charge in [-0.05, 0) is 59.7 Å². The zero-order valence-electron chi connectivity index (χ0n) is 13.9. The molecular formula is C16H18F6INO2. The second kappa shape index (κ2) is 8.41. The van der Waals surface area contributed by atoms with Crippen LogP contribution >= 0.6 is 22.6 Å². The molecular weight excluding hydrogens is 479 g/mol. The van der Waals surface area contributed by atoms with Gasteiger partial charge in [-0.25, -0.2) is 0 Å². The second-order valence-corrected chi connectivity index (χ2v) is 7.29. The van der Waals surface area contributed by atoms with Gasteiger partial charge in [-0.2, -0.15) is 26.3 Å². The number of rotatable bonds is 5. The van der Waals surface area contributed by atoms with Gasteiger partial charge in [0.05, 0.1) is 16.6 Å². The Hall–Kier alpha value is -0.910. The van der Waals surface area contributed by atoms with Crippen molar-refractivity contribution in [3.8, 4) is 11.5 Å². The number of likely N-dealkylation sites (tertiary alicyclic amines) is 1. The van der Waals surface area contributed by atoms with Crippen molar-refractivity contribution >= 4 is 22.6 Å². The third-order valence-corrected chi connectivity index (χ3v) is 4.85. The van der Waals surface area contributed by atoms with Crippen LogP contribution in [0.1, 0.15) is 18.4 Å². The van der Waals surface area contributed by atoms with Gasteiger partial charge in [-0.1, -0.05) is 0 Å². The molecule has 0 aromatic heterocycles. The second-order valence-electron chi connectivity index (χ2n) is 6.13. The highest BCUT2D eigenvalue weighted by Gasteiger charge is 2.41. The van der Waals surface area contributed by atoms with Crippen molar-refractivity contribution in [3.05, 3.63) is 21.3 Å². The minimum absolute atomic E-state index is 0.0269. The summed E-state index contributed by atoms with van der Waals surface area (Å²) in [7, 11) is 1.30. The first-order chi connectivity index (χ1) is 12.0. The monoisotopic (exact) mass is 497 g/mol. The molecule has 1 fully saturated rings. The molecule has 1 aliphatic rings. The van der Waals surface area contributed by atoms with Crippen molar-refractivity contribution in [1.82, 2.24) is 4.90 Å². The topological polar surface area (TPSA) is 21.7 Å². The molecule has 1 aromatic carbocycles. The van der Waals surface area contributed by atoms with Gasteiger partial charge in [-0.15, -0.1) is 0 Å². The van der Waals surface area contributed by atoms with Crippen molar-refractivity contribution < 1.29 is 35.8 Å². The fraction of sp³-hybridized carbons (Fsp3) is 0.625. The molecule has 1 heterocycles. The molecule has 1 atom stereocenters.